The summed E-state index contributed by atoms with van der Waals surface area (Å²) in [4.78, 5) is 4.56. The predicted octanol–water partition coefficient (Wildman–Crippen LogP) is 4.59. The van der Waals surface area contributed by atoms with Crippen LogP contribution in [0.25, 0.3) is 0 Å². The second kappa shape index (κ2) is 8.52. The Kier molecular flexibility index (Phi) is 6.40. The Morgan fingerprint density at radius 1 is 0.913 bits per heavy atom. The lowest BCUT2D eigenvalue weighted by Gasteiger charge is -2.13. The van der Waals surface area contributed by atoms with Gasteiger partial charge in [0, 0.05) is 12.5 Å². The highest BCUT2D eigenvalue weighted by molar-refractivity contribution is 5.87. The maximum absolute atomic E-state index is 6.18. The number of benzene rings is 2. The van der Waals surface area contributed by atoms with Gasteiger partial charge in [-0.2, -0.15) is 0 Å². The van der Waals surface area contributed by atoms with Crippen molar-refractivity contribution >= 4 is 5.84 Å². The summed E-state index contributed by atoms with van der Waals surface area (Å²) in [6.45, 7) is 7.35. The van der Waals surface area contributed by atoms with Gasteiger partial charge in [0.15, 0.2) is 0 Å². The molecule has 2 heteroatoms. The van der Waals surface area contributed by atoms with Gasteiger partial charge in [-0.3, -0.25) is 4.99 Å². The summed E-state index contributed by atoms with van der Waals surface area (Å²) in [6, 6.07) is 19.2. The molecule has 2 nitrogen and oxygen atoms in total. The largest absolute Gasteiger partial charge is 0.387 e. The lowest BCUT2D eigenvalue weighted by Crippen LogP contribution is -2.20. The van der Waals surface area contributed by atoms with E-state index in [-0.39, 0.29) is 5.92 Å². The SMILES string of the molecule is CC(C)Cc1ccc(C(C)C(N)=NCCc2ccccc2)cc1. The molecule has 0 aliphatic heterocycles. The van der Waals surface area contributed by atoms with Crippen LogP contribution in [0.2, 0.25) is 0 Å². The van der Waals surface area contributed by atoms with E-state index in [0.717, 1.165) is 25.2 Å². The van der Waals surface area contributed by atoms with Crippen LogP contribution >= 0.6 is 0 Å². The first kappa shape index (κ1) is 17.3. The van der Waals surface area contributed by atoms with Crippen molar-refractivity contribution in [1.29, 1.82) is 0 Å². The smallest absolute Gasteiger partial charge is 0.101 e. The number of aliphatic imine (C=N–C) groups is 1. The second-order valence-electron chi connectivity index (χ2n) is 6.60. The molecule has 1 atom stereocenters. The zero-order valence-electron chi connectivity index (χ0n) is 14.5. The minimum Gasteiger partial charge on any atom is -0.387 e. The zero-order valence-corrected chi connectivity index (χ0v) is 14.5. The number of hydrogen-bond acceptors (Lipinski definition) is 1. The Hall–Kier alpha value is -2.09. The van der Waals surface area contributed by atoms with E-state index in [9.17, 15) is 0 Å². The van der Waals surface area contributed by atoms with E-state index in [1.165, 1.54) is 16.7 Å². The van der Waals surface area contributed by atoms with Crippen molar-refractivity contribution in [3.8, 4) is 0 Å². The summed E-state index contributed by atoms with van der Waals surface area (Å²) in [5.41, 5.74) is 10.1. The molecule has 2 rings (SSSR count). The van der Waals surface area contributed by atoms with Gasteiger partial charge in [0.05, 0.1) is 0 Å². The van der Waals surface area contributed by atoms with Gasteiger partial charge in [-0.1, -0.05) is 75.4 Å². The Labute approximate surface area is 140 Å². The molecule has 0 bridgehead atoms. The maximum atomic E-state index is 6.18. The number of amidine groups is 1. The van der Waals surface area contributed by atoms with Crippen LogP contribution in [0.15, 0.2) is 59.6 Å². The second-order valence-corrected chi connectivity index (χ2v) is 6.60. The summed E-state index contributed by atoms with van der Waals surface area (Å²) < 4.78 is 0. The highest BCUT2D eigenvalue weighted by Gasteiger charge is 2.10. The fraction of sp³-hybridized carbons (Fsp3) is 0.381. The van der Waals surface area contributed by atoms with Crippen LogP contribution in [0.3, 0.4) is 0 Å². The van der Waals surface area contributed by atoms with Gasteiger partial charge in [0.2, 0.25) is 0 Å². The summed E-state index contributed by atoms with van der Waals surface area (Å²) in [5, 5.41) is 0. The van der Waals surface area contributed by atoms with Crippen molar-refractivity contribution in [2.75, 3.05) is 6.54 Å². The molecule has 0 spiro atoms. The molecule has 0 aromatic heterocycles. The monoisotopic (exact) mass is 308 g/mol. The quantitative estimate of drug-likeness (QED) is 0.589. The molecular formula is C21H28N2. The van der Waals surface area contributed by atoms with Gasteiger partial charge in [0.1, 0.15) is 5.84 Å². The highest BCUT2D eigenvalue weighted by Crippen LogP contribution is 2.18. The fourth-order valence-corrected chi connectivity index (χ4v) is 2.68. The van der Waals surface area contributed by atoms with E-state index >= 15 is 0 Å². The average Bonchev–Trinajstić information content (AvgIpc) is 2.55. The molecule has 0 heterocycles. The first-order valence-electron chi connectivity index (χ1n) is 8.49. The summed E-state index contributed by atoms with van der Waals surface area (Å²) >= 11 is 0. The molecule has 122 valence electrons. The lowest BCUT2D eigenvalue weighted by molar-refractivity contribution is 0.647. The molecule has 2 aromatic rings. The first-order valence-corrected chi connectivity index (χ1v) is 8.49. The fourth-order valence-electron chi connectivity index (χ4n) is 2.68. The summed E-state index contributed by atoms with van der Waals surface area (Å²) in [7, 11) is 0. The Balaban J connectivity index is 1.93. The maximum Gasteiger partial charge on any atom is 0.101 e. The first-order chi connectivity index (χ1) is 11.1. The molecule has 2 aromatic carbocycles. The van der Waals surface area contributed by atoms with Crippen LogP contribution in [0, 0.1) is 5.92 Å². The topological polar surface area (TPSA) is 38.4 Å². The molecular weight excluding hydrogens is 280 g/mol. The summed E-state index contributed by atoms with van der Waals surface area (Å²) in [5.74, 6) is 1.57. The predicted molar refractivity (Wildman–Crippen MR) is 100 cm³/mol. The number of rotatable bonds is 7. The molecule has 23 heavy (non-hydrogen) atoms. The molecule has 0 aliphatic carbocycles. The standard InChI is InChI=1S/C21H28N2/c1-16(2)15-19-9-11-20(12-10-19)17(3)21(22)23-14-13-18-7-5-4-6-8-18/h4-12,16-17H,13-15H2,1-3H3,(H2,22,23). The van der Waals surface area contributed by atoms with E-state index in [2.05, 4.69) is 74.3 Å². The third-order valence-electron chi connectivity index (χ3n) is 4.10. The normalized spacial score (nSPS) is 13.3. The van der Waals surface area contributed by atoms with Gasteiger partial charge in [0.25, 0.3) is 0 Å². The molecule has 0 radical (unpaired) electrons. The number of nitrogens with zero attached hydrogens (tertiary/aromatic N) is 1. The van der Waals surface area contributed by atoms with Crippen LogP contribution in [-0.2, 0) is 12.8 Å². The van der Waals surface area contributed by atoms with Gasteiger partial charge in [-0.25, -0.2) is 0 Å². The van der Waals surface area contributed by atoms with Gasteiger partial charge >= 0.3 is 0 Å². The Bertz CT molecular complexity index is 612. The molecule has 0 saturated heterocycles. The lowest BCUT2D eigenvalue weighted by atomic mass is 9.96. The average molecular weight is 308 g/mol. The van der Waals surface area contributed by atoms with Crippen molar-refractivity contribution in [1.82, 2.24) is 0 Å². The summed E-state index contributed by atoms with van der Waals surface area (Å²) in [6.07, 6.45) is 2.05. The van der Waals surface area contributed by atoms with E-state index < -0.39 is 0 Å². The third-order valence-corrected chi connectivity index (χ3v) is 4.10. The molecule has 0 amide bonds. The van der Waals surface area contributed by atoms with Crippen LogP contribution in [0.1, 0.15) is 43.4 Å². The molecule has 0 saturated carbocycles. The van der Waals surface area contributed by atoms with E-state index in [0.29, 0.717) is 5.92 Å². The van der Waals surface area contributed by atoms with Crippen molar-refractivity contribution in [2.45, 2.75) is 39.5 Å². The minimum atomic E-state index is 0.166. The molecule has 1 unspecified atom stereocenters. The molecule has 0 aliphatic rings. The van der Waals surface area contributed by atoms with Crippen LogP contribution in [0.4, 0.5) is 0 Å². The Morgan fingerprint density at radius 3 is 2.17 bits per heavy atom. The van der Waals surface area contributed by atoms with Crippen molar-refractivity contribution in [2.24, 2.45) is 16.6 Å². The van der Waals surface area contributed by atoms with Crippen molar-refractivity contribution in [3.63, 3.8) is 0 Å². The van der Waals surface area contributed by atoms with Gasteiger partial charge in [-0.05, 0) is 35.4 Å². The number of nitrogens with two attached hydrogens (primary N) is 1. The van der Waals surface area contributed by atoms with Crippen LogP contribution < -0.4 is 5.73 Å². The van der Waals surface area contributed by atoms with E-state index in [1.54, 1.807) is 0 Å². The van der Waals surface area contributed by atoms with Crippen molar-refractivity contribution in [3.05, 3.63) is 71.3 Å². The highest BCUT2D eigenvalue weighted by atomic mass is 14.9. The van der Waals surface area contributed by atoms with Gasteiger partial charge < -0.3 is 5.73 Å². The van der Waals surface area contributed by atoms with E-state index in [1.807, 2.05) is 6.07 Å². The van der Waals surface area contributed by atoms with Crippen LogP contribution in [-0.4, -0.2) is 12.4 Å². The zero-order chi connectivity index (χ0) is 16.7. The molecule has 0 fully saturated rings. The minimum absolute atomic E-state index is 0.166. The van der Waals surface area contributed by atoms with Crippen LogP contribution in [0.5, 0.6) is 0 Å². The van der Waals surface area contributed by atoms with Crippen molar-refractivity contribution < 1.29 is 0 Å². The van der Waals surface area contributed by atoms with Gasteiger partial charge in [-0.15, -0.1) is 0 Å². The molecule has 2 N–H and O–H groups in total. The Morgan fingerprint density at radius 2 is 1.57 bits per heavy atom. The number of hydrogen-bond donors (Lipinski definition) is 1. The van der Waals surface area contributed by atoms with E-state index in [4.69, 9.17) is 5.73 Å². The third kappa shape index (κ3) is 5.55.